The molecule has 1 aromatic heterocycles. The molecule has 148 valence electrons. The molecule has 1 aliphatic rings. The highest BCUT2D eigenvalue weighted by molar-refractivity contribution is 6.04. The molecule has 3 rings (SSSR count). The number of rotatable bonds is 9. The van der Waals surface area contributed by atoms with Gasteiger partial charge in [-0.3, -0.25) is 19.3 Å². The summed E-state index contributed by atoms with van der Waals surface area (Å²) in [6.07, 6.45) is 3.58. The number of benzene rings is 1. The van der Waals surface area contributed by atoms with Crippen LogP contribution in [0.15, 0.2) is 47.1 Å². The molecule has 3 N–H and O–H groups in total. The molecule has 1 aliphatic carbocycles. The van der Waals surface area contributed by atoms with Crippen LogP contribution in [-0.4, -0.2) is 48.8 Å². The lowest BCUT2D eigenvalue weighted by Crippen LogP contribution is -2.39. The Morgan fingerprint density at radius 3 is 2.54 bits per heavy atom. The van der Waals surface area contributed by atoms with Crippen LogP contribution >= 0.6 is 0 Å². The zero-order valence-corrected chi connectivity index (χ0v) is 15.7. The Balaban J connectivity index is 1.52. The highest BCUT2D eigenvalue weighted by Gasteiger charge is 2.24. The average Bonchev–Trinajstić information content (AvgIpc) is 3.30. The van der Waals surface area contributed by atoms with Gasteiger partial charge >= 0.3 is 0 Å². The first kappa shape index (κ1) is 19.6. The van der Waals surface area contributed by atoms with E-state index in [2.05, 4.69) is 16.0 Å². The average molecular weight is 384 g/mol. The predicted octanol–water partition coefficient (Wildman–Crippen LogP) is 1.36. The van der Waals surface area contributed by atoms with Crippen LogP contribution in [0.3, 0.4) is 0 Å². The number of carbonyl (C=O) groups is 3. The predicted molar refractivity (Wildman–Crippen MR) is 104 cm³/mol. The van der Waals surface area contributed by atoms with Crippen molar-refractivity contribution in [1.82, 2.24) is 15.5 Å². The second-order valence-electron chi connectivity index (χ2n) is 6.87. The Labute approximate surface area is 163 Å². The van der Waals surface area contributed by atoms with E-state index in [1.807, 2.05) is 0 Å². The smallest absolute Gasteiger partial charge is 0.253 e. The summed E-state index contributed by atoms with van der Waals surface area (Å²) >= 11 is 0. The van der Waals surface area contributed by atoms with E-state index in [4.69, 9.17) is 4.42 Å². The molecule has 8 heteroatoms. The van der Waals surface area contributed by atoms with Crippen molar-refractivity contribution in [3.05, 3.63) is 54.0 Å². The normalized spacial score (nSPS) is 13.2. The van der Waals surface area contributed by atoms with E-state index < -0.39 is 0 Å². The summed E-state index contributed by atoms with van der Waals surface area (Å²) in [7, 11) is 1.70. The number of hydrogen-bond acceptors (Lipinski definition) is 5. The Morgan fingerprint density at radius 2 is 1.82 bits per heavy atom. The minimum Gasteiger partial charge on any atom is -0.467 e. The van der Waals surface area contributed by atoms with Crippen LogP contribution in [0.25, 0.3) is 0 Å². The molecule has 28 heavy (non-hydrogen) atoms. The largest absolute Gasteiger partial charge is 0.467 e. The molecule has 1 saturated carbocycles. The number of nitrogens with one attached hydrogen (secondary N) is 3. The van der Waals surface area contributed by atoms with E-state index >= 15 is 0 Å². The first-order valence-electron chi connectivity index (χ1n) is 9.18. The topological polar surface area (TPSA) is 104 Å². The molecular weight excluding hydrogens is 360 g/mol. The van der Waals surface area contributed by atoms with Gasteiger partial charge in [-0.2, -0.15) is 0 Å². The van der Waals surface area contributed by atoms with Crippen LogP contribution in [0.4, 0.5) is 5.69 Å². The van der Waals surface area contributed by atoms with Gasteiger partial charge in [0.25, 0.3) is 5.91 Å². The molecule has 3 amide bonds. The van der Waals surface area contributed by atoms with Gasteiger partial charge < -0.3 is 20.4 Å². The Kier molecular flexibility index (Phi) is 6.44. The van der Waals surface area contributed by atoms with Gasteiger partial charge in [0.05, 0.1) is 37.1 Å². The zero-order valence-electron chi connectivity index (χ0n) is 15.7. The molecule has 0 unspecified atom stereocenters. The van der Waals surface area contributed by atoms with Gasteiger partial charge in [0.1, 0.15) is 5.76 Å². The molecule has 1 heterocycles. The first-order chi connectivity index (χ1) is 13.5. The SMILES string of the molecule is CN(CC(=O)Nc1ccccc1C(=O)NCc1ccco1)CC(=O)NC1CC1. The molecule has 0 saturated heterocycles. The van der Waals surface area contributed by atoms with Crippen LogP contribution in [0.5, 0.6) is 0 Å². The lowest BCUT2D eigenvalue weighted by atomic mass is 10.1. The van der Waals surface area contributed by atoms with Crippen molar-refractivity contribution >= 4 is 23.4 Å². The monoisotopic (exact) mass is 384 g/mol. The van der Waals surface area contributed by atoms with Crippen LogP contribution in [0.1, 0.15) is 29.0 Å². The molecule has 0 aliphatic heterocycles. The van der Waals surface area contributed by atoms with Crippen LogP contribution in [0.2, 0.25) is 0 Å². The van der Waals surface area contributed by atoms with E-state index in [0.29, 0.717) is 23.1 Å². The number of amides is 3. The number of furan rings is 1. The maximum atomic E-state index is 12.5. The minimum atomic E-state index is -0.315. The maximum absolute atomic E-state index is 12.5. The third-order valence-corrected chi connectivity index (χ3v) is 4.22. The van der Waals surface area contributed by atoms with Crippen molar-refractivity contribution in [1.29, 1.82) is 0 Å². The Hall–Kier alpha value is -3.13. The second-order valence-corrected chi connectivity index (χ2v) is 6.87. The molecule has 0 atom stereocenters. The lowest BCUT2D eigenvalue weighted by Gasteiger charge is -2.17. The fraction of sp³-hybridized carbons (Fsp3) is 0.350. The number of carbonyl (C=O) groups excluding carboxylic acids is 3. The van der Waals surface area contributed by atoms with Gasteiger partial charge in [0, 0.05) is 6.04 Å². The van der Waals surface area contributed by atoms with Gasteiger partial charge in [0.15, 0.2) is 0 Å². The number of para-hydroxylation sites is 1. The molecule has 1 aromatic carbocycles. The lowest BCUT2D eigenvalue weighted by molar-refractivity contribution is -0.123. The summed E-state index contributed by atoms with van der Waals surface area (Å²) in [5.74, 6) is -0.0612. The molecule has 1 fully saturated rings. The van der Waals surface area contributed by atoms with Crippen molar-refractivity contribution < 1.29 is 18.8 Å². The van der Waals surface area contributed by atoms with Crippen LogP contribution < -0.4 is 16.0 Å². The third kappa shape index (κ3) is 5.95. The van der Waals surface area contributed by atoms with E-state index in [0.717, 1.165) is 12.8 Å². The second kappa shape index (κ2) is 9.18. The van der Waals surface area contributed by atoms with Crippen LogP contribution in [0, 0.1) is 0 Å². The highest BCUT2D eigenvalue weighted by Crippen LogP contribution is 2.18. The third-order valence-electron chi connectivity index (χ3n) is 4.22. The molecule has 0 spiro atoms. The molecular formula is C20H24N4O4. The van der Waals surface area contributed by atoms with Gasteiger partial charge in [-0.15, -0.1) is 0 Å². The molecule has 0 radical (unpaired) electrons. The number of likely N-dealkylation sites (N-methyl/N-ethyl adjacent to an activating group) is 1. The first-order valence-corrected chi connectivity index (χ1v) is 9.18. The molecule has 2 aromatic rings. The number of anilines is 1. The van der Waals surface area contributed by atoms with Gasteiger partial charge in [-0.1, -0.05) is 12.1 Å². The van der Waals surface area contributed by atoms with Gasteiger partial charge in [0.2, 0.25) is 11.8 Å². The zero-order chi connectivity index (χ0) is 19.9. The highest BCUT2D eigenvalue weighted by atomic mass is 16.3. The van der Waals surface area contributed by atoms with Gasteiger partial charge in [-0.25, -0.2) is 0 Å². The van der Waals surface area contributed by atoms with Crippen molar-refractivity contribution in [3.8, 4) is 0 Å². The summed E-state index contributed by atoms with van der Waals surface area (Å²) in [5.41, 5.74) is 0.775. The standard InChI is InChI=1S/C20H24N4O4/c1-24(12-18(25)22-14-8-9-14)13-19(26)23-17-7-3-2-6-16(17)20(27)21-11-15-5-4-10-28-15/h2-7,10,14H,8-9,11-13H2,1H3,(H,21,27)(H,22,25)(H,23,26). The Morgan fingerprint density at radius 1 is 1.07 bits per heavy atom. The maximum Gasteiger partial charge on any atom is 0.253 e. The van der Waals surface area contributed by atoms with E-state index in [1.54, 1.807) is 48.3 Å². The summed E-state index contributed by atoms with van der Waals surface area (Å²) in [5, 5.41) is 8.39. The van der Waals surface area contributed by atoms with E-state index in [1.165, 1.54) is 6.26 Å². The summed E-state index contributed by atoms with van der Waals surface area (Å²) < 4.78 is 5.20. The van der Waals surface area contributed by atoms with Crippen LogP contribution in [-0.2, 0) is 16.1 Å². The van der Waals surface area contributed by atoms with E-state index in [9.17, 15) is 14.4 Å². The molecule has 8 nitrogen and oxygen atoms in total. The fourth-order valence-electron chi connectivity index (χ4n) is 2.70. The summed E-state index contributed by atoms with van der Waals surface area (Å²) in [4.78, 5) is 38.2. The summed E-state index contributed by atoms with van der Waals surface area (Å²) in [6, 6.07) is 10.6. The fourth-order valence-corrected chi connectivity index (χ4v) is 2.70. The number of nitrogens with zero attached hydrogens (tertiary/aromatic N) is 1. The van der Waals surface area contributed by atoms with Crippen molar-refractivity contribution in [2.24, 2.45) is 0 Å². The quantitative estimate of drug-likeness (QED) is 0.606. The van der Waals surface area contributed by atoms with Crippen molar-refractivity contribution in [3.63, 3.8) is 0 Å². The van der Waals surface area contributed by atoms with Crippen molar-refractivity contribution in [2.45, 2.75) is 25.4 Å². The van der Waals surface area contributed by atoms with Gasteiger partial charge in [-0.05, 0) is 44.2 Å². The van der Waals surface area contributed by atoms with E-state index in [-0.39, 0.29) is 37.4 Å². The molecule has 0 bridgehead atoms. The Bertz CT molecular complexity index is 830. The number of hydrogen-bond donors (Lipinski definition) is 3. The van der Waals surface area contributed by atoms with Crippen molar-refractivity contribution in [2.75, 3.05) is 25.5 Å². The minimum absolute atomic E-state index is 0.0421. The summed E-state index contributed by atoms with van der Waals surface area (Å²) in [6.45, 7) is 0.447.